The minimum Gasteiger partial charge on any atom is -0.508 e. The summed E-state index contributed by atoms with van der Waals surface area (Å²) in [7, 11) is 4.50. The number of hydrogen-bond donors (Lipinski definition) is 1. The van der Waals surface area contributed by atoms with Gasteiger partial charge in [-0.05, 0) is 30.7 Å². The van der Waals surface area contributed by atoms with Crippen molar-refractivity contribution >= 4 is 0 Å². The van der Waals surface area contributed by atoms with Crippen LogP contribution < -0.4 is 0 Å². The monoisotopic (exact) mass is 208 g/mol. The summed E-state index contributed by atoms with van der Waals surface area (Å²) < 4.78 is 1.01. The third-order valence-electron chi connectivity index (χ3n) is 2.66. The molecule has 0 radical (unpaired) electrons. The summed E-state index contributed by atoms with van der Waals surface area (Å²) in [6.07, 6.45) is 2.52. The number of phenolic OH excluding ortho intramolecular Hbond substituents is 1. The number of aromatic hydroxyl groups is 1. The van der Waals surface area contributed by atoms with Crippen LogP contribution in [0.25, 0.3) is 0 Å². The zero-order valence-corrected chi connectivity index (χ0v) is 10.0. The van der Waals surface area contributed by atoms with Crippen molar-refractivity contribution < 1.29 is 9.59 Å². The molecule has 0 aliphatic heterocycles. The molecule has 1 N–H and O–H groups in total. The maximum Gasteiger partial charge on any atom is 0.115 e. The number of phenols is 1. The average molecular weight is 208 g/mol. The number of quaternary nitrogens is 1. The molecule has 0 saturated carbocycles. The van der Waals surface area contributed by atoms with Crippen LogP contribution in [0.15, 0.2) is 24.3 Å². The Bertz CT molecular complexity index is 290. The smallest absolute Gasteiger partial charge is 0.115 e. The number of rotatable bonds is 5. The van der Waals surface area contributed by atoms with Crippen molar-refractivity contribution in [1.82, 2.24) is 0 Å². The fourth-order valence-corrected chi connectivity index (χ4v) is 1.76. The largest absolute Gasteiger partial charge is 0.508 e. The molecule has 0 unspecified atom stereocenters. The van der Waals surface area contributed by atoms with Crippen LogP contribution in [0.3, 0.4) is 0 Å². The van der Waals surface area contributed by atoms with Crippen molar-refractivity contribution in [2.24, 2.45) is 0 Å². The Morgan fingerprint density at radius 2 is 1.73 bits per heavy atom. The molecule has 84 valence electrons. The van der Waals surface area contributed by atoms with E-state index in [4.69, 9.17) is 0 Å². The topological polar surface area (TPSA) is 20.2 Å². The maximum absolute atomic E-state index is 9.19. The summed E-state index contributed by atoms with van der Waals surface area (Å²) in [6, 6.07) is 7.52. The molecule has 1 aromatic carbocycles. The molecular weight excluding hydrogens is 186 g/mol. The van der Waals surface area contributed by atoms with Gasteiger partial charge in [0, 0.05) is 5.56 Å². The van der Waals surface area contributed by atoms with Gasteiger partial charge in [0.05, 0.1) is 20.6 Å². The van der Waals surface area contributed by atoms with Crippen LogP contribution in [0.4, 0.5) is 0 Å². The van der Waals surface area contributed by atoms with Gasteiger partial charge in [0.15, 0.2) is 0 Å². The highest BCUT2D eigenvalue weighted by Crippen LogP contribution is 2.14. The number of hydrogen-bond acceptors (Lipinski definition) is 1. The summed E-state index contributed by atoms with van der Waals surface area (Å²) in [4.78, 5) is 0. The Kier molecular flexibility index (Phi) is 4.15. The van der Waals surface area contributed by atoms with E-state index < -0.39 is 0 Å². The third kappa shape index (κ3) is 4.34. The van der Waals surface area contributed by atoms with Gasteiger partial charge in [0.1, 0.15) is 12.3 Å². The van der Waals surface area contributed by atoms with Crippen LogP contribution in [0.1, 0.15) is 25.3 Å². The summed E-state index contributed by atoms with van der Waals surface area (Å²) >= 11 is 0. The molecule has 0 atom stereocenters. The molecule has 0 aromatic heterocycles. The SMILES string of the molecule is CCCC[N+](C)(C)Cc1ccc(O)cc1. The molecule has 0 aliphatic carbocycles. The van der Waals surface area contributed by atoms with E-state index in [0.29, 0.717) is 5.75 Å². The van der Waals surface area contributed by atoms with Gasteiger partial charge < -0.3 is 9.59 Å². The van der Waals surface area contributed by atoms with E-state index in [1.165, 1.54) is 24.9 Å². The van der Waals surface area contributed by atoms with E-state index in [-0.39, 0.29) is 0 Å². The fourth-order valence-electron chi connectivity index (χ4n) is 1.76. The quantitative estimate of drug-likeness (QED) is 0.738. The van der Waals surface area contributed by atoms with Crippen LogP contribution in [0, 0.1) is 0 Å². The molecule has 1 aromatic rings. The van der Waals surface area contributed by atoms with Gasteiger partial charge in [0.25, 0.3) is 0 Å². The standard InChI is InChI=1S/C13H21NO/c1-4-5-10-14(2,3)11-12-6-8-13(15)9-7-12/h6-9H,4-5,10-11H2,1-3H3/p+1. The number of unbranched alkanes of at least 4 members (excludes halogenated alkanes) is 1. The van der Waals surface area contributed by atoms with Gasteiger partial charge in [-0.2, -0.15) is 0 Å². The molecule has 0 heterocycles. The zero-order valence-electron chi connectivity index (χ0n) is 10.0. The van der Waals surface area contributed by atoms with E-state index in [2.05, 4.69) is 21.0 Å². The van der Waals surface area contributed by atoms with E-state index >= 15 is 0 Å². The maximum atomic E-state index is 9.19. The third-order valence-corrected chi connectivity index (χ3v) is 2.66. The van der Waals surface area contributed by atoms with Crippen molar-refractivity contribution in [1.29, 1.82) is 0 Å². The summed E-state index contributed by atoms with van der Waals surface area (Å²) in [5.74, 6) is 0.345. The Morgan fingerprint density at radius 3 is 2.27 bits per heavy atom. The van der Waals surface area contributed by atoms with Crippen LogP contribution in [0.5, 0.6) is 5.75 Å². The van der Waals surface area contributed by atoms with Crippen LogP contribution in [-0.4, -0.2) is 30.2 Å². The Labute approximate surface area is 92.8 Å². The molecule has 2 nitrogen and oxygen atoms in total. The van der Waals surface area contributed by atoms with Gasteiger partial charge in [0.2, 0.25) is 0 Å². The first-order valence-corrected chi connectivity index (χ1v) is 5.63. The average Bonchev–Trinajstić information content (AvgIpc) is 2.18. The number of benzene rings is 1. The lowest BCUT2D eigenvalue weighted by Crippen LogP contribution is -2.39. The van der Waals surface area contributed by atoms with E-state index in [1.54, 1.807) is 12.1 Å². The summed E-state index contributed by atoms with van der Waals surface area (Å²) in [5, 5.41) is 9.19. The van der Waals surface area contributed by atoms with E-state index in [0.717, 1.165) is 11.0 Å². The zero-order chi connectivity index (χ0) is 11.3. The Balaban J connectivity index is 2.56. The second-order valence-corrected chi connectivity index (χ2v) is 4.84. The fraction of sp³-hybridized carbons (Fsp3) is 0.538. The first-order chi connectivity index (χ1) is 7.03. The number of nitrogens with zero attached hydrogens (tertiary/aromatic N) is 1. The first-order valence-electron chi connectivity index (χ1n) is 5.63. The van der Waals surface area contributed by atoms with Crippen molar-refractivity contribution in [3.63, 3.8) is 0 Å². The highest BCUT2D eigenvalue weighted by atomic mass is 16.3. The lowest BCUT2D eigenvalue weighted by atomic mass is 10.2. The summed E-state index contributed by atoms with van der Waals surface area (Å²) in [5.41, 5.74) is 1.29. The molecule has 0 amide bonds. The van der Waals surface area contributed by atoms with Gasteiger partial charge >= 0.3 is 0 Å². The van der Waals surface area contributed by atoms with Crippen molar-refractivity contribution in [3.05, 3.63) is 29.8 Å². The molecule has 0 spiro atoms. The summed E-state index contributed by atoms with van der Waals surface area (Å²) in [6.45, 7) is 4.46. The second-order valence-electron chi connectivity index (χ2n) is 4.84. The molecule has 0 aliphatic rings. The highest BCUT2D eigenvalue weighted by molar-refractivity contribution is 5.25. The van der Waals surface area contributed by atoms with Crippen molar-refractivity contribution in [2.45, 2.75) is 26.3 Å². The normalized spacial score (nSPS) is 11.7. The van der Waals surface area contributed by atoms with Crippen molar-refractivity contribution in [2.75, 3.05) is 20.6 Å². The van der Waals surface area contributed by atoms with Gasteiger partial charge in [-0.3, -0.25) is 0 Å². The van der Waals surface area contributed by atoms with Gasteiger partial charge in [-0.25, -0.2) is 0 Å². The van der Waals surface area contributed by atoms with Crippen LogP contribution in [-0.2, 0) is 6.54 Å². The molecule has 0 bridgehead atoms. The molecule has 15 heavy (non-hydrogen) atoms. The predicted octanol–water partition coefficient (Wildman–Crippen LogP) is 2.77. The van der Waals surface area contributed by atoms with Gasteiger partial charge in [-0.15, -0.1) is 0 Å². The minimum atomic E-state index is 0.345. The predicted molar refractivity (Wildman–Crippen MR) is 63.7 cm³/mol. The molecule has 0 fully saturated rings. The Hall–Kier alpha value is -1.02. The van der Waals surface area contributed by atoms with E-state index in [9.17, 15) is 5.11 Å². The molecule has 2 heteroatoms. The van der Waals surface area contributed by atoms with Crippen LogP contribution >= 0.6 is 0 Å². The Morgan fingerprint density at radius 1 is 1.13 bits per heavy atom. The van der Waals surface area contributed by atoms with Crippen LogP contribution in [0.2, 0.25) is 0 Å². The highest BCUT2D eigenvalue weighted by Gasteiger charge is 2.14. The molecule has 0 saturated heterocycles. The molecular formula is C13H22NO+. The minimum absolute atomic E-state index is 0.345. The lowest BCUT2D eigenvalue weighted by Gasteiger charge is -2.29. The lowest BCUT2D eigenvalue weighted by molar-refractivity contribution is -0.903. The second kappa shape index (κ2) is 5.17. The van der Waals surface area contributed by atoms with Gasteiger partial charge in [-0.1, -0.05) is 13.3 Å². The molecule has 1 rings (SSSR count). The van der Waals surface area contributed by atoms with Crippen molar-refractivity contribution in [3.8, 4) is 5.75 Å². The van der Waals surface area contributed by atoms with E-state index in [1.807, 2.05) is 12.1 Å². The first kappa shape index (κ1) is 12.1.